The number of nitrogens with one attached hydrogen (secondary N) is 2. The van der Waals surface area contributed by atoms with Gasteiger partial charge in [0.15, 0.2) is 6.10 Å². The molecule has 2 rings (SSSR count). The summed E-state index contributed by atoms with van der Waals surface area (Å²) >= 11 is 0. The van der Waals surface area contributed by atoms with Crippen LogP contribution in [0.3, 0.4) is 0 Å². The van der Waals surface area contributed by atoms with E-state index in [0.29, 0.717) is 12.6 Å². The fraction of sp³-hybridized carbons (Fsp3) is 0.417. The highest BCUT2D eigenvalue weighted by Crippen LogP contribution is 2.28. The van der Waals surface area contributed by atoms with Gasteiger partial charge < -0.3 is 15.4 Å². The van der Waals surface area contributed by atoms with Crippen LogP contribution in [0.2, 0.25) is 0 Å². The van der Waals surface area contributed by atoms with Gasteiger partial charge in [0.25, 0.3) is 5.91 Å². The van der Waals surface area contributed by atoms with Gasteiger partial charge in [-0.25, -0.2) is 0 Å². The largest absolute Gasteiger partial charge is 0.477 e. The predicted molar refractivity (Wildman–Crippen MR) is 62.6 cm³/mol. The van der Waals surface area contributed by atoms with Crippen molar-refractivity contribution in [1.82, 2.24) is 5.32 Å². The number of fused-ring (bicyclic) bond motifs is 1. The molecule has 0 aliphatic carbocycles. The summed E-state index contributed by atoms with van der Waals surface area (Å²) in [5, 5.41) is 6.02. The Kier molecular flexibility index (Phi) is 3.10. The van der Waals surface area contributed by atoms with E-state index < -0.39 is 6.10 Å². The molecule has 0 aromatic heterocycles. The van der Waals surface area contributed by atoms with Crippen LogP contribution in [0, 0.1) is 0 Å². The van der Waals surface area contributed by atoms with Gasteiger partial charge in [-0.15, -0.1) is 0 Å². The van der Waals surface area contributed by atoms with Crippen LogP contribution in [0.25, 0.3) is 0 Å². The normalized spacial score (nSPS) is 18.9. The summed E-state index contributed by atoms with van der Waals surface area (Å²) < 4.78 is 5.62. The lowest BCUT2D eigenvalue weighted by Crippen LogP contribution is -2.45. The van der Waals surface area contributed by atoms with Crippen LogP contribution >= 0.6 is 0 Å². The first-order valence-electron chi connectivity index (χ1n) is 5.47. The quantitative estimate of drug-likeness (QED) is 0.809. The molecule has 1 aromatic carbocycles. The minimum Gasteiger partial charge on any atom is -0.477 e. The van der Waals surface area contributed by atoms with Gasteiger partial charge in [0.05, 0.1) is 5.69 Å². The molecule has 0 bridgehead atoms. The van der Waals surface area contributed by atoms with E-state index in [-0.39, 0.29) is 5.91 Å². The van der Waals surface area contributed by atoms with Crippen molar-refractivity contribution in [2.24, 2.45) is 0 Å². The van der Waals surface area contributed by atoms with E-state index in [4.69, 9.17) is 4.74 Å². The Morgan fingerprint density at radius 1 is 1.44 bits per heavy atom. The summed E-state index contributed by atoms with van der Waals surface area (Å²) in [7, 11) is 0. The van der Waals surface area contributed by atoms with Crippen molar-refractivity contribution in [1.29, 1.82) is 0 Å². The number of hydrogen-bond donors (Lipinski definition) is 2. The minimum absolute atomic E-state index is 0.0909. The van der Waals surface area contributed by atoms with E-state index in [1.807, 2.05) is 38.1 Å². The number of hydrogen-bond acceptors (Lipinski definition) is 3. The molecule has 1 unspecified atom stereocenters. The highest BCUT2D eigenvalue weighted by atomic mass is 16.5. The Labute approximate surface area is 95.0 Å². The van der Waals surface area contributed by atoms with Gasteiger partial charge in [-0.1, -0.05) is 26.0 Å². The van der Waals surface area contributed by atoms with Gasteiger partial charge in [0, 0.05) is 12.6 Å². The highest BCUT2D eigenvalue weighted by Gasteiger charge is 2.26. The Balaban J connectivity index is 2.06. The zero-order chi connectivity index (χ0) is 11.5. The summed E-state index contributed by atoms with van der Waals surface area (Å²) in [6, 6.07) is 7.79. The van der Waals surface area contributed by atoms with Crippen molar-refractivity contribution in [2.75, 3.05) is 11.9 Å². The van der Waals surface area contributed by atoms with Gasteiger partial charge in [-0.05, 0) is 12.1 Å². The van der Waals surface area contributed by atoms with Crippen LogP contribution in [0.5, 0.6) is 5.75 Å². The van der Waals surface area contributed by atoms with Crippen molar-refractivity contribution in [3.63, 3.8) is 0 Å². The monoisotopic (exact) mass is 220 g/mol. The molecule has 0 saturated carbocycles. The third-order valence-corrected chi connectivity index (χ3v) is 2.42. The molecule has 1 aromatic rings. The number of ether oxygens (including phenoxy) is 1. The van der Waals surface area contributed by atoms with Crippen molar-refractivity contribution >= 4 is 11.6 Å². The number of amides is 1. The molecule has 0 radical (unpaired) electrons. The number of anilines is 1. The molecule has 1 amide bonds. The Bertz CT molecular complexity index is 390. The van der Waals surface area contributed by atoms with Crippen LogP contribution in [-0.2, 0) is 4.79 Å². The molecule has 1 aliphatic rings. The van der Waals surface area contributed by atoms with Gasteiger partial charge in [0.2, 0.25) is 0 Å². The standard InChI is InChI=1S/C12H16N2O2/c1-8(2)13-7-11-12(15)14-9-5-3-4-6-10(9)16-11/h3-6,8,11,13H,7H2,1-2H3,(H,14,15). The fourth-order valence-electron chi connectivity index (χ4n) is 1.57. The number of carbonyl (C=O) groups excluding carboxylic acids is 1. The Morgan fingerprint density at radius 2 is 2.19 bits per heavy atom. The zero-order valence-electron chi connectivity index (χ0n) is 9.49. The van der Waals surface area contributed by atoms with E-state index in [1.165, 1.54) is 0 Å². The Hall–Kier alpha value is -1.55. The summed E-state index contributed by atoms with van der Waals surface area (Å²) in [6.45, 7) is 4.60. The number of rotatable bonds is 3. The summed E-state index contributed by atoms with van der Waals surface area (Å²) in [4.78, 5) is 11.7. The van der Waals surface area contributed by atoms with Crippen LogP contribution in [0.4, 0.5) is 5.69 Å². The number of benzene rings is 1. The molecule has 0 saturated heterocycles. The van der Waals surface area contributed by atoms with Crippen molar-refractivity contribution in [3.8, 4) is 5.75 Å². The first kappa shape index (κ1) is 11.0. The van der Waals surface area contributed by atoms with Crippen molar-refractivity contribution in [2.45, 2.75) is 26.0 Å². The van der Waals surface area contributed by atoms with E-state index in [1.54, 1.807) is 0 Å². The van der Waals surface area contributed by atoms with Gasteiger partial charge in [-0.2, -0.15) is 0 Å². The molecule has 0 spiro atoms. The molecule has 0 fully saturated rings. The van der Waals surface area contributed by atoms with Crippen LogP contribution in [0.15, 0.2) is 24.3 Å². The molecule has 1 heterocycles. The summed E-state index contributed by atoms with van der Waals surface area (Å²) in [6.07, 6.45) is -0.447. The second-order valence-corrected chi connectivity index (χ2v) is 4.15. The highest BCUT2D eigenvalue weighted by molar-refractivity contribution is 5.97. The van der Waals surface area contributed by atoms with Crippen LogP contribution in [0.1, 0.15) is 13.8 Å². The van der Waals surface area contributed by atoms with E-state index >= 15 is 0 Å². The lowest BCUT2D eigenvalue weighted by Gasteiger charge is -2.26. The van der Waals surface area contributed by atoms with Crippen molar-refractivity contribution in [3.05, 3.63) is 24.3 Å². The molecule has 16 heavy (non-hydrogen) atoms. The summed E-state index contributed by atoms with van der Waals surface area (Å²) in [5.41, 5.74) is 0.744. The molecule has 86 valence electrons. The lowest BCUT2D eigenvalue weighted by molar-refractivity contribution is -0.123. The third-order valence-electron chi connectivity index (χ3n) is 2.42. The molecule has 1 aliphatic heterocycles. The summed E-state index contributed by atoms with van der Waals surface area (Å²) in [5.74, 6) is 0.643. The van der Waals surface area contributed by atoms with Gasteiger partial charge in [0.1, 0.15) is 5.75 Å². The Morgan fingerprint density at radius 3 is 2.94 bits per heavy atom. The maximum absolute atomic E-state index is 11.7. The first-order chi connectivity index (χ1) is 7.66. The molecular weight excluding hydrogens is 204 g/mol. The van der Waals surface area contributed by atoms with Crippen molar-refractivity contribution < 1.29 is 9.53 Å². The molecule has 1 atom stereocenters. The molecular formula is C12H16N2O2. The maximum Gasteiger partial charge on any atom is 0.266 e. The second kappa shape index (κ2) is 4.53. The first-order valence-corrected chi connectivity index (χ1v) is 5.47. The maximum atomic E-state index is 11.7. The predicted octanol–water partition coefficient (Wildman–Crippen LogP) is 1.38. The van der Waals surface area contributed by atoms with Gasteiger partial charge >= 0.3 is 0 Å². The fourth-order valence-corrected chi connectivity index (χ4v) is 1.57. The topological polar surface area (TPSA) is 50.4 Å². The van der Waals surface area contributed by atoms with Crippen LogP contribution < -0.4 is 15.4 Å². The van der Waals surface area contributed by atoms with E-state index in [9.17, 15) is 4.79 Å². The van der Waals surface area contributed by atoms with E-state index in [2.05, 4.69) is 10.6 Å². The minimum atomic E-state index is -0.447. The average Bonchev–Trinajstić information content (AvgIpc) is 2.26. The van der Waals surface area contributed by atoms with E-state index in [0.717, 1.165) is 11.4 Å². The van der Waals surface area contributed by atoms with Gasteiger partial charge in [-0.3, -0.25) is 4.79 Å². The lowest BCUT2D eigenvalue weighted by atomic mass is 10.2. The molecule has 2 N–H and O–H groups in total. The molecule has 4 heteroatoms. The third kappa shape index (κ3) is 2.33. The average molecular weight is 220 g/mol. The number of carbonyl (C=O) groups is 1. The number of para-hydroxylation sites is 2. The zero-order valence-corrected chi connectivity index (χ0v) is 9.49. The SMILES string of the molecule is CC(C)NCC1Oc2ccccc2NC1=O. The van der Waals surface area contributed by atoms with Crippen LogP contribution in [-0.4, -0.2) is 24.6 Å². The smallest absolute Gasteiger partial charge is 0.266 e. The second-order valence-electron chi connectivity index (χ2n) is 4.15. The molecule has 4 nitrogen and oxygen atoms in total.